The molecule has 3 rings (SSSR count). The van der Waals surface area contributed by atoms with Crippen LogP contribution >= 0.6 is 0 Å². The summed E-state index contributed by atoms with van der Waals surface area (Å²) in [6, 6.07) is 0. The van der Waals surface area contributed by atoms with Crippen LogP contribution in [0.3, 0.4) is 0 Å². The Hall–Kier alpha value is -2.24. The minimum absolute atomic E-state index is 0.206. The fraction of sp³-hybridized carbons (Fsp3) is 0. The van der Waals surface area contributed by atoms with Crippen LogP contribution in [0.2, 0.25) is 0 Å². The second kappa shape index (κ2) is 2.38. The van der Waals surface area contributed by atoms with E-state index < -0.39 is 0 Å². The summed E-state index contributed by atoms with van der Waals surface area (Å²) in [7, 11) is 0. The van der Waals surface area contributed by atoms with Gasteiger partial charge >= 0.3 is 0 Å². The van der Waals surface area contributed by atoms with Gasteiger partial charge in [-0.1, -0.05) is 0 Å². The molecule has 0 atom stereocenters. The number of rotatable bonds is 0. The molecule has 14 heavy (non-hydrogen) atoms. The summed E-state index contributed by atoms with van der Waals surface area (Å²) >= 11 is 0. The smallest absolute Gasteiger partial charge is 0.249 e. The first-order valence-corrected chi connectivity index (χ1v) is 4.03. The maximum Gasteiger partial charge on any atom is 0.249 e. The van der Waals surface area contributed by atoms with Crippen molar-refractivity contribution in [2.24, 2.45) is 0 Å². The van der Waals surface area contributed by atoms with Gasteiger partial charge in [0.2, 0.25) is 5.91 Å². The maximum absolute atomic E-state index is 11.2. The van der Waals surface area contributed by atoms with Crippen molar-refractivity contribution in [1.82, 2.24) is 20.2 Å². The van der Waals surface area contributed by atoms with Gasteiger partial charge in [0.1, 0.15) is 12.1 Å². The van der Waals surface area contributed by atoms with E-state index in [4.69, 9.17) is 0 Å². The Balaban J connectivity index is 2.44. The zero-order valence-electron chi connectivity index (χ0n) is 6.98. The van der Waals surface area contributed by atoms with E-state index >= 15 is 0 Å². The quantitative estimate of drug-likeness (QED) is 0.622. The van der Waals surface area contributed by atoms with Gasteiger partial charge in [0, 0.05) is 6.08 Å². The lowest BCUT2D eigenvalue weighted by molar-refractivity contribution is -0.111. The SMILES string of the molecule is O=C1C=Cc2n[nH]c3ncnc(c23)N1. The average Bonchev–Trinajstić information content (AvgIpc) is 2.51. The Morgan fingerprint density at radius 3 is 3.07 bits per heavy atom. The first kappa shape index (κ1) is 7.19. The molecular formula is C8H5N5O. The van der Waals surface area contributed by atoms with Gasteiger partial charge < -0.3 is 5.32 Å². The number of amides is 1. The first-order valence-electron chi connectivity index (χ1n) is 4.03. The molecule has 0 saturated carbocycles. The fourth-order valence-corrected chi connectivity index (χ4v) is 1.41. The summed E-state index contributed by atoms with van der Waals surface area (Å²) in [6.45, 7) is 0. The highest BCUT2D eigenvalue weighted by Gasteiger charge is 2.15. The van der Waals surface area contributed by atoms with Gasteiger partial charge in [-0.05, 0) is 6.08 Å². The van der Waals surface area contributed by atoms with Crippen molar-refractivity contribution in [3.63, 3.8) is 0 Å². The van der Waals surface area contributed by atoms with Gasteiger partial charge in [-0.15, -0.1) is 0 Å². The number of carbonyl (C=O) groups is 1. The van der Waals surface area contributed by atoms with Crippen LogP contribution in [0.5, 0.6) is 0 Å². The van der Waals surface area contributed by atoms with Crippen molar-refractivity contribution in [3.05, 3.63) is 18.1 Å². The monoisotopic (exact) mass is 187 g/mol. The lowest BCUT2D eigenvalue weighted by Crippen LogP contribution is -2.08. The van der Waals surface area contributed by atoms with E-state index in [1.807, 2.05) is 0 Å². The Kier molecular flexibility index (Phi) is 1.22. The van der Waals surface area contributed by atoms with Crippen LogP contribution in [0.4, 0.5) is 5.82 Å². The van der Waals surface area contributed by atoms with Gasteiger partial charge in [0.15, 0.2) is 5.65 Å². The van der Waals surface area contributed by atoms with E-state index in [0.29, 0.717) is 17.2 Å². The minimum atomic E-state index is -0.206. The van der Waals surface area contributed by atoms with E-state index in [-0.39, 0.29) is 5.91 Å². The third-order valence-electron chi connectivity index (χ3n) is 2.02. The summed E-state index contributed by atoms with van der Waals surface area (Å²) in [5.41, 5.74) is 1.30. The Labute approximate surface area is 78.1 Å². The second-order valence-electron chi connectivity index (χ2n) is 2.88. The molecule has 1 amide bonds. The highest BCUT2D eigenvalue weighted by atomic mass is 16.1. The molecule has 6 nitrogen and oxygen atoms in total. The molecule has 1 aliphatic heterocycles. The van der Waals surface area contributed by atoms with Crippen molar-refractivity contribution in [3.8, 4) is 0 Å². The topological polar surface area (TPSA) is 83.6 Å². The number of hydrogen-bond acceptors (Lipinski definition) is 4. The average molecular weight is 187 g/mol. The number of aromatic nitrogens is 4. The van der Waals surface area contributed by atoms with E-state index in [9.17, 15) is 4.79 Å². The third kappa shape index (κ3) is 0.846. The van der Waals surface area contributed by atoms with E-state index in [2.05, 4.69) is 25.5 Å². The van der Waals surface area contributed by atoms with Crippen LogP contribution < -0.4 is 5.32 Å². The van der Waals surface area contributed by atoms with Crippen LogP contribution in [0, 0.1) is 0 Å². The Morgan fingerprint density at radius 1 is 1.21 bits per heavy atom. The number of aromatic amines is 1. The van der Waals surface area contributed by atoms with Gasteiger partial charge in [0.05, 0.1) is 11.1 Å². The normalized spacial score (nSPS) is 14.1. The highest BCUT2D eigenvalue weighted by molar-refractivity contribution is 6.10. The molecule has 1 aliphatic rings. The van der Waals surface area contributed by atoms with Crippen LogP contribution in [-0.4, -0.2) is 26.1 Å². The Morgan fingerprint density at radius 2 is 2.14 bits per heavy atom. The van der Waals surface area contributed by atoms with Gasteiger partial charge in [-0.2, -0.15) is 5.10 Å². The summed E-state index contributed by atoms with van der Waals surface area (Å²) in [6.07, 6.45) is 4.43. The minimum Gasteiger partial charge on any atom is -0.306 e. The molecule has 0 spiro atoms. The zero-order valence-corrected chi connectivity index (χ0v) is 6.98. The predicted octanol–water partition coefficient (Wildman–Crippen LogP) is 0.318. The van der Waals surface area contributed by atoms with E-state index in [1.165, 1.54) is 12.4 Å². The largest absolute Gasteiger partial charge is 0.306 e. The molecule has 0 unspecified atom stereocenters. The zero-order chi connectivity index (χ0) is 9.54. The standard InChI is InChI=1S/C8H5N5O/c14-5-2-1-4-6-7(11-5)9-3-10-8(6)13-12-4/h1-3H,(H2,9,10,11,12,13,14). The molecule has 0 fully saturated rings. The molecule has 0 saturated heterocycles. The lowest BCUT2D eigenvalue weighted by atomic mass is 10.3. The highest BCUT2D eigenvalue weighted by Crippen LogP contribution is 2.23. The second-order valence-corrected chi connectivity index (χ2v) is 2.88. The summed E-state index contributed by atoms with van der Waals surface area (Å²) < 4.78 is 0. The number of nitrogens with zero attached hydrogens (tertiary/aromatic N) is 3. The van der Waals surface area contributed by atoms with Crippen molar-refractivity contribution < 1.29 is 4.79 Å². The lowest BCUT2D eigenvalue weighted by Gasteiger charge is -1.99. The van der Waals surface area contributed by atoms with E-state index in [1.54, 1.807) is 6.08 Å². The molecule has 2 aromatic heterocycles. The number of carbonyl (C=O) groups excluding carboxylic acids is 1. The van der Waals surface area contributed by atoms with Crippen molar-refractivity contribution in [2.45, 2.75) is 0 Å². The molecule has 2 aromatic rings. The van der Waals surface area contributed by atoms with Gasteiger partial charge in [0.25, 0.3) is 0 Å². The summed E-state index contributed by atoms with van der Waals surface area (Å²) in [5, 5.41) is 10.2. The fourth-order valence-electron chi connectivity index (χ4n) is 1.41. The first-order chi connectivity index (χ1) is 6.84. The molecule has 0 radical (unpaired) electrons. The predicted molar refractivity (Wildman–Crippen MR) is 49.3 cm³/mol. The maximum atomic E-state index is 11.2. The molecular weight excluding hydrogens is 182 g/mol. The van der Waals surface area contributed by atoms with Crippen molar-refractivity contribution in [2.75, 3.05) is 5.32 Å². The van der Waals surface area contributed by atoms with Crippen LogP contribution in [0.1, 0.15) is 5.69 Å². The molecule has 6 heteroatoms. The van der Waals surface area contributed by atoms with Crippen molar-refractivity contribution >= 4 is 28.8 Å². The van der Waals surface area contributed by atoms with Crippen LogP contribution in [0.25, 0.3) is 17.1 Å². The molecule has 0 bridgehead atoms. The van der Waals surface area contributed by atoms with Crippen molar-refractivity contribution in [1.29, 1.82) is 0 Å². The van der Waals surface area contributed by atoms with Gasteiger partial charge in [-0.25, -0.2) is 9.97 Å². The Bertz CT molecular complexity index is 556. The molecule has 0 aromatic carbocycles. The molecule has 68 valence electrons. The van der Waals surface area contributed by atoms with Gasteiger partial charge in [-0.3, -0.25) is 9.89 Å². The molecule has 3 heterocycles. The summed E-state index contributed by atoms with van der Waals surface area (Å²) in [4.78, 5) is 19.2. The van der Waals surface area contributed by atoms with E-state index in [0.717, 1.165) is 5.39 Å². The third-order valence-corrected chi connectivity index (χ3v) is 2.02. The number of nitrogens with one attached hydrogen (secondary N) is 2. The molecule has 0 aliphatic carbocycles. The van der Waals surface area contributed by atoms with Crippen LogP contribution in [0.15, 0.2) is 12.4 Å². The molecule has 2 N–H and O–H groups in total. The number of H-pyrrole nitrogens is 1. The summed E-state index contributed by atoms with van der Waals surface area (Å²) in [5.74, 6) is 0.289. The van der Waals surface area contributed by atoms with Crippen LogP contribution in [-0.2, 0) is 4.79 Å². The number of anilines is 1. The number of hydrogen-bond donors (Lipinski definition) is 2.